The first-order valence-corrected chi connectivity index (χ1v) is 7.36. The molecule has 1 rings (SSSR count). The van der Waals surface area contributed by atoms with Crippen LogP contribution in [0, 0.1) is 5.41 Å². The molecule has 3 N–H and O–H groups in total. The minimum Gasteiger partial charge on any atom is -0.393 e. The lowest BCUT2D eigenvalue weighted by atomic mass is 9.81. The van der Waals surface area contributed by atoms with Crippen LogP contribution in [0.1, 0.15) is 32.6 Å². The third kappa shape index (κ3) is 2.92. The van der Waals surface area contributed by atoms with Gasteiger partial charge in [-0.1, -0.05) is 13.3 Å². The van der Waals surface area contributed by atoms with Crippen LogP contribution in [0.15, 0.2) is 0 Å². The van der Waals surface area contributed by atoms with Crippen LogP contribution in [-0.4, -0.2) is 37.7 Å². The Morgan fingerprint density at radius 1 is 1.53 bits per heavy atom. The minimum absolute atomic E-state index is 0.151. The van der Waals surface area contributed by atoms with Gasteiger partial charge in [0, 0.05) is 17.7 Å². The van der Waals surface area contributed by atoms with Crippen molar-refractivity contribution in [2.75, 3.05) is 18.1 Å². The number of rotatable bonds is 5. The van der Waals surface area contributed by atoms with Crippen LogP contribution in [0.3, 0.4) is 0 Å². The van der Waals surface area contributed by atoms with E-state index in [1.54, 1.807) is 6.92 Å². The molecule has 0 aromatic carbocycles. The molecule has 1 aliphatic carbocycles. The molecule has 0 aromatic heterocycles. The van der Waals surface area contributed by atoms with Gasteiger partial charge in [-0.2, -0.15) is 0 Å². The van der Waals surface area contributed by atoms with Crippen LogP contribution < -0.4 is 5.73 Å². The topological polar surface area (TPSA) is 80.4 Å². The number of sulfone groups is 1. The summed E-state index contributed by atoms with van der Waals surface area (Å²) in [5, 5.41) is 9.83. The molecule has 0 amide bonds. The van der Waals surface area contributed by atoms with Gasteiger partial charge in [-0.15, -0.1) is 0 Å². The first kappa shape index (κ1) is 12.9. The van der Waals surface area contributed by atoms with Crippen LogP contribution in [0.25, 0.3) is 0 Å². The lowest BCUT2D eigenvalue weighted by molar-refractivity contribution is 0.0564. The highest BCUT2D eigenvalue weighted by Gasteiger charge is 2.41. The van der Waals surface area contributed by atoms with Crippen molar-refractivity contribution in [3.8, 4) is 0 Å². The Kier molecular flexibility index (Phi) is 4.14. The van der Waals surface area contributed by atoms with Gasteiger partial charge in [0.25, 0.3) is 0 Å². The Morgan fingerprint density at radius 2 is 2.20 bits per heavy atom. The highest BCUT2D eigenvalue weighted by molar-refractivity contribution is 7.91. The molecule has 0 aromatic rings. The fourth-order valence-corrected chi connectivity index (χ4v) is 3.26. The van der Waals surface area contributed by atoms with E-state index < -0.39 is 15.9 Å². The Morgan fingerprint density at radius 3 is 2.60 bits per heavy atom. The minimum atomic E-state index is -2.95. The smallest absolute Gasteiger partial charge is 0.150 e. The maximum Gasteiger partial charge on any atom is 0.150 e. The van der Waals surface area contributed by atoms with Gasteiger partial charge in [0.2, 0.25) is 0 Å². The molecule has 0 heterocycles. The SMILES string of the molecule is CCS(=O)(=O)CCC1(CN)CCCC1O. The van der Waals surface area contributed by atoms with Crippen LogP contribution in [-0.2, 0) is 9.84 Å². The molecule has 1 aliphatic rings. The van der Waals surface area contributed by atoms with E-state index in [-0.39, 0.29) is 16.9 Å². The van der Waals surface area contributed by atoms with E-state index in [9.17, 15) is 13.5 Å². The first-order chi connectivity index (χ1) is 6.96. The zero-order chi connectivity index (χ0) is 11.5. The standard InChI is InChI=1S/C10H21NO3S/c1-2-15(13,14)7-6-10(8-11)5-3-4-9(10)12/h9,12H,2-8,11H2,1H3. The van der Waals surface area contributed by atoms with Crippen molar-refractivity contribution >= 4 is 9.84 Å². The molecule has 0 radical (unpaired) electrons. The molecule has 1 saturated carbocycles. The van der Waals surface area contributed by atoms with Gasteiger partial charge < -0.3 is 10.8 Å². The highest BCUT2D eigenvalue weighted by atomic mass is 32.2. The molecule has 0 aliphatic heterocycles. The van der Waals surface area contributed by atoms with Crippen molar-refractivity contribution in [1.29, 1.82) is 0 Å². The van der Waals surface area contributed by atoms with Crippen LogP contribution >= 0.6 is 0 Å². The summed E-state index contributed by atoms with van der Waals surface area (Å²) >= 11 is 0. The van der Waals surface area contributed by atoms with E-state index in [2.05, 4.69) is 0 Å². The molecule has 5 heteroatoms. The fourth-order valence-electron chi connectivity index (χ4n) is 2.26. The number of nitrogens with two attached hydrogens (primary N) is 1. The van der Waals surface area contributed by atoms with Gasteiger partial charge in [-0.25, -0.2) is 8.42 Å². The number of aliphatic hydroxyl groups is 1. The van der Waals surface area contributed by atoms with Crippen molar-refractivity contribution in [2.45, 2.75) is 38.7 Å². The van der Waals surface area contributed by atoms with Gasteiger partial charge in [0.05, 0.1) is 11.9 Å². The third-order valence-electron chi connectivity index (χ3n) is 3.62. The molecule has 1 fully saturated rings. The lowest BCUT2D eigenvalue weighted by Gasteiger charge is -2.31. The summed E-state index contributed by atoms with van der Waals surface area (Å²) in [6.07, 6.45) is 2.63. The zero-order valence-corrected chi connectivity index (χ0v) is 10.1. The molecular weight excluding hydrogens is 214 g/mol. The molecule has 0 saturated heterocycles. The Bertz CT molecular complexity index is 302. The van der Waals surface area contributed by atoms with Gasteiger partial charge in [-0.3, -0.25) is 0 Å². The molecule has 0 spiro atoms. The monoisotopic (exact) mass is 235 g/mol. The highest BCUT2D eigenvalue weighted by Crippen LogP contribution is 2.40. The normalized spacial score (nSPS) is 32.1. The second-order valence-electron chi connectivity index (χ2n) is 4.46. The van der Waals surface area contributed by atoms with E-state index in [1.807, 2.05) is 0 Å². The van der Waals surface area contributed by atoms with Gasteiger partial charge in [-0.05, 0) is 19.3 Å². The summed E-state index contributed by atoms with van der Waals surface area (Å²) in [5.74, 6) is 0.321. The van der Waals surface area contributed by atoms with Crippen LogP contribution in [0.5, 0.6) is 0 Å². The maximum atomic E-state index is 11.4. The van der Waals surface area contributed by atoms with Crippen molar-refractivity contribution < 1.29 is 13.5 Å². The summed E-state index contributed by atoms with van der Waals surface area (Å²) in [6.45, 7) is 2.03. The van der Waals surface area contributed by atoms with Gasteiger partial charge in [0.15, 0.2) is 0 Å². The average molecular weight is 235 g/mol. The molecule has 4 nitrogen and oxygen atoms in total. The van der Waals surface area contributed by atoms with Crippen LogP contribution in [0.4, 0.5) is 0 Å². The second kappa shape index (κ2) is 4.80. The molecule has 2 atom stereocenters. The van der Waals surface area contributed by atoms with Crippen molar-refractivity contribution in [3.63, 3.8) is 0 Å². The number of aliphatic hydroxyl groups excluding tert-OH is 1. The molecule has 90 valence electrons. The fraction of sp³-hybridized carbons (Fsp3) is 1.00. The largest absolute Gasteiger partial charge is 0.393 e. The van der Waals surface area contributed by atoms with E-state index in [0.717, 1.165) is 19.3 Å². The Labute approximate surface area is 91.8 Å². The summed E-state index contributed by atoms with van der Waals surface area (Å²) < 4.78 is 22.8. The number of hydrogen-bond acceptors (Lipinski definition) is 4. The van der Waals surface area contributed by atoms with E-state index >= 15 is 0 Å². The quantitative estimate of drug-likeness (QED) is 0.718. The van der Waals surface area contributed by atoms with Crippen molar-refractivity contribution in [3.05, 3.63) is 0 Å². The summed E-state index contributed by atoms with van der Waals surface area (Å²) in [5.41, 5.74) is 5.33. The summed E-state index contributed by atoms with van der Waals surface area (Å²) in [6, 6.07) is 0. The van der Waals surface area contributed by atoms with Crippen molar-refractivity contribution in [2.24, 2.45) is 11.1 Å². The van der Waals surface area contributed by atoms with E-state index in [0.29, 0.717) is 13.0 Å². The summed E-state index contributed by atoms with van der Waals surface area (Å²) in [7, 11) is -2.95. The second-order valence-corrected chi connectivity index (χ2v) is 6.93. The molecule has 0 bridgehead atoms. The zero-order valence-electron chi connectivity index (χ0n) is 9.28. The molecule has 2 unspecified atom stereocenters. The molecule has 15 heavy (non-hydrogen) atoms. The van der Waals surface area contributed by atoms with Crippen molar-refractivity contribution in [1.82, 2.24) is 0 Å². The Hall–Kier alpha value is -0.130. The predicted octanol–water partition coefficient (Wildman–Crippen LogP) is 0.301. The average Bonchev–Trinajstić information content (AvgIpc) is 2.58. The van der Waals surface area contributed by atoms with E-state index in [4.69, 9.17) is 5.73 Å². The lowest BCUT2D eigenvalue weighted by Crippen LogP contribution is -2.39. The third-order valence-corrected chi connectivity index (χ3v) is 5.32. The molecular formula is C10H21NO3S. The number of hydrogen-bond donors (Lipinski definition) is 2. The predicted molar refractivity (Wildman–Crippen MR) is 60.3 cm³/mol. The van der Waals surface area contributed by atoms with Gasteiger partial charge in [0.1, 0.15) is 9.84 Å². The first-order valence-electron chi connectivity index (χ1n) is 5.54. The van der Waals surface area contributed by atoms with Gasteiger partial charge >= 0.3 is 0 Å². The summed E-state index contributed by atoms with van der Waals surface area (Å²) in [4.78, 5) is 0. The van der Waals surface area contributed by atoms with E-state index in [1.165, 1.54) is 0 Å². The van der Waals surface area contributed by atoms with Crippen LogP contribution in [0.2, 0.25) is 0 Å². The maximum absolute atomic E-state index is 11.4. The Balaban J connectivity index is 2.62.